The SMILES string of the molecule is OCCCCCC1CCc2ccccc2C1O. The summed E-state index contributed by atoms with van der Waals surface area (Å²) >= 11 is 0. The summed E-state index contributed by atoms with van der Waals surface area (Å²) in [7, 11) is 0. The van der Waals surface area contributed by atoms with Crippen LogP contribution < -0.4 is 0 Å². The maximum absolute atomic E-state index is 10.3. The van der Waals surface area contributed by atoms with Crippen LogP contribution in [0.3, 0.4) is 0 Å². The zero-order chi connectivity index (χ0) is 12.1. The molecule has 0 saturated heterocycles. The summed E-state index contributed by atoms with van der Waals surface area (Å²) < 4.78 is 0. The number of aryl methyl sites for hydroxylation is 1. The van der Waals surface area contributed by atoms with Crippen molar-refractivity contribution < 1.29 is 10.2 Å². The third-order valence-corrected chi connectivity index (χ3v) is 3.84. The quantitative estimate of drug-likeness (QED) is 0.769. The van der Waals surface area contributed by atoms with Gasteiger partial charge in [0.15, 0.2) is 0 Å². The zero-order valence-electron chi connectivity index (χ0n) is 10.3. The number of hydrogen-bond donors (Lipinski definition) is 2. The van der Waals surface area contributed by atoms with E-state index in [1.165, 1.54) is 5.56 Å². The van der Waals surface area contributed by atoms with E-state index in [2.05, 4.69) is 12.1 Å². The first-order valence-corrected chi connectivity index (χ1v) is 6.69. The molecule has 2 unspecified atom stereocenters. The molecule has 2 rings (SSSR count). The Balaban J connectivity index is 1.90. The molecular formula is C15H22O2. The molecule has 0 saturated carbocycles. The average Bonchev–Trinajstić information content (AvgIpc) is 2.37. The standard InChI is InChI=1S/C15H22O2/c16-11-5-1-2-7-13-10-9-12-6-3-4-8-14(12)15(13)17/h3-4,6,8,13,15-17H,1-2,5,7,9-11H2. The van der Waals surface area contributed by atoms with E-state index in [-0.39, 0.29) is 12.7 Å². The molecule has 0 heterocycles. The summed E-state index contributed by atoms with van der Waals surface area (Å²) in [6.45, 7) is 0.288. The minimum absolute atomic E-state index is 0.283. The van der Waals surface area contributed by atoms with Gasteiger partial charge in [-0.05, 0) is 42.7 Å². The fraction of sp³-hybridized carbons (Fsp3) is 0.600. The highest BCUT2D eigenvalue weighted by Crippen LogP contribution is 2.36. The number of rotatable bonds is 5. The molecule has 1 aliphatic carbocycles. The molecule has 0 spiro atoms. The molecule has 1 aromatic rings. The van der Waals surface area contributed by atoms with Crippen molar-refractivity contribution in [2.24, 2.45) is 5.92 Å². The van der Waals surface area contributed by atoms with E-state index in [1.54, 1.807) is 0 Å². The molecule has 0 fully saturated rings. The van der Waals surface area contributed by atoms with Crippen LogP contribution in [0.2, 0.25) is 0 Å². The van der Waals surface area contributed by atoms with Crippen LogP contribution in [0.15, 0.2) is 24.3 Å². The van der Waals surface area contributed by atoms with E-state index in [0.717, 1.165) is 44.1 Å². The minimum Gasteiger partial charge on any atom is -0.396 e. The molecule has 1 aliphatic rings. The topological polar surface area (TPSA) is 40.5 Å². The summed E-state index contributed by atoms with van der Waals surface area (Å²) in [5, 5.41) is 19.1. The van der Waals surface area contributed by atoms with Crippen LogP contribution in [0, 0.1) is 5.92 Å². The summed E-state index contributed by atoms with van der Waals surface area (Å²) in [6, 6.07) is 8.24. The van der Waals surface area contributed by atoms with E-state index in [9.17, 15) is 5.11 Å². The Morgan fingerprint density at radius 1 is 1.12 bits per heavy atom. The fourth-order valence-electron chi connectivity index (χ4n) is 2.80. The van der Waals surface area contributed by atoms with Gasteiger partial charge in [-0.1, -0.05) is 37.1 Å². The van der Waals surface area contributed by atoms with Gasteiger partial charge in [-0.25, -0.2) is 0 Å². The van der Waals surface area contributed by atoms with E-state index >= 15 is 0 Å². The number of unbranched alkanes of at least 4 members (excludes halogenated alkanes) is 2. The van der Waals surface area contributed by atoms with Crippen LogP contribution in [-0.4, -0.2) is 16.8 Å². The molecule has 17 heavy (non-hydrogen) atoms. The van der Waals surface area contributed by atoms with E-state index in [0.29, 0.717) is 5.92 Å². The largest absolute Gasteiger partial charge is 0.396 e. The van der Waals surface area contributed by atoms with Crippen molar-refractivity contribution in [3.8, 4) is 0 Å². The maximum Gasteiger partial charge on any atom is 0.0820 e. The molecule has 0 aromatic heterocycles. The molecule has 0 aliphatic heterocycles. The molecule has 1 aromatic carbocycles. The van der Waals surface area contributed by atoms with Gasteiger partial charge in [0.25, 0.3) is 0 Å². The van der Waals surface area contributed by atoms with Gasteiger partial charge < -0.3 is 10.2 Å². The maximum atomic E-state index is 10.3. The third-order valence-electron chi connectivity index (χ3n) is 3.84. The van der Waals surface area contributed by atoms with Gasteiger partial charge in [-0.3, -0.25) is 0 Å². The van der Waals surface area contributed by atoms with Crippen molar-refractivity contribution in [1.82, 2.24) is 0 Å². The fourth-order valence-corrected chi connectivity index (χ4v) is 2.80. The van der Waals surface area contributed by atoms with Crippen LogP contribution in [0.4, 0.5) is 0 Å². The van der Waals surface area contributed by atoms with Crippen molar-refractivity contribution in [3.63, 3.8) is 0 Å². The van der Waals surface area contributed by atoms with Gasteiger partial charge in [0.2, 0.25) is 0 Å². The molecule has 2 atom stereocenters. The molecular weight excluding hydrogens is 212 g/mol. The van der Waals surface area contributed by atoms with Crippen LogP contribution in [0.5, 0.6) is 0 Å². The van der Waals surface area contributed by atoms with Gasteiger partial charge in [0.1, 0.15) is 0 Å². The Morgan fingerprint density at radius 2 is 1.94 bits per heavy atom. The number of aliphatic hydroxyl groups excluding tert-OH is 2. The Morgan fingerprint density at radius 3 is 2.76 bits per heavy atom. The van der Waals surface area contributed by atoms with Gasteiger partial charge >= 0.3 is 0 Å². The third kappa shape index (κ3) is 3.08. The van der Waals surface area contributed by atoms with Crippen LogP contribution in [0.1, 0.15) is 49.3 Å². The Hall–Kier alpha value is -0.860. The highest BCUT2D eigenvalue weighted by molar-refractivity contribution is 5.31. The predicted molar refractivity (Wildman–Crippen MR) is 68.8 cm³/mol. The van der Waals surface area contributed by atoms with E-state index < -0.39 is 0 Å². The first-order chi connectivity index (χ1) is 8.33. The summed E-state index contributed by atoms with van der Waals surface area (Å²) in [6.07, 6.45) is 6.06. The molecule has 2 heteroatoms. The normalized spacial score (nSPS) is 23.4. The van der Waals surface area contributed by atoms with Crippen molar-refractivity contribution in [3.05, 3.63) is 35.4 Å². The molecule has 0 bridgehead atoms. The Kier molecular flexibility index (Phi) is 4.57. The van der Waals surface area contributed by atoms with Gasteiger partial charge in [0, 0.05) is 6.61 Å². The summed E-state index contributed by atoms with van der Waals surface area (Å²) in [5.74, 6) is 0.406. The lowest BCUT2D eigenvalue weighted by atomic mass is 9.79. The summed E-state index contributed by atoms with van der Waals surface area (Å²) in [4.78, 5) is 0. The molecule has 2 nitrogen and oxygen atoms in total. The average molecular weight is 234 g/mol. The number of aliphatic hydroxyl groups is 2. The lowest BCUT2D eigenvalue weighted by molar-refractivity contribution is 0.0866. The lowest BCUT2D eigenvalue weighted by Crippen LogP contribution is -2.20. The lowest BCUT2D eigenvalue weighted by Gasteiger charge is -2.30. The second-order valence-electron chi connectivity index (χ2n) is 5.02. The second kappa shape index (κ2) is 6.18. The van der Waals surface area contributed by atoms with Crippen molar-refractivity contribution in [2.75, 3.05) is 6.61 Å². The van der Waals surface area contributed by atoms with Gasteiger partial charge in [-0.15, -0.1) is 0 Å². The highest BCUT2D eigenvalue weighted by atomic mass is 16.3. The molecule has 2 N–H and O–H groups in total. The van der Waals surface area contributed by atoms with Crippen molar-refractivity contribution >= 4 is 0 Å². The molecule has 0 radical (unpaired) electrons. The van der Waals surface area contributed by atoms with E-state index in [4.69, 9.17) is 5.11 Å². The van der Waals surface area contributed by atoms with Crippen LogP contribution in [0.25, 0.3) is 0 Å². The highest BCUT2D eigenvalue weighted by Gasteiger charge is 2.26. The number of hydrogen-bond acceptors (Lipinski definition) is 2. The van der Waals surface area contributed by atoms with E-state index in [1.807, 2.05) is 12.1 Å². The van der Waals surface area contributed by atoms with Crippen LogP contribution in [-0.2, 0) is 6.42 Å². The van der Waals surface area contributed by atoms with Crippen molar-refractivity contribution in [1.29, 1.82) is 0 Å². The Labute approximate surface area is 103 Å². The molecule has 0 amide bonds. The minimum atomic E-state index is -0.283. The molecule has 94 valence electrons. The first-order valence-electron chi connectivity index (χ1n) is 6.69. The monoisotopic (exact) mass is 234 g/mol. The predicted octanol–water partition coefficient (Wildman–Crippen LogP) is 2.84. The zero-order valence-corrected chi connectivity index (χ0v) is 10.3. The number of fused-ring (bicyclic) bond motifs is 1. The van der Waals surface area contributed by atoms with Gasteiger partial charge in [-0.2, -0.15) is 0 Å². The number of benzene rings is 1. The second-order valence-corrected chi connectivity index (χ2v) is 5.02. The smallest absolute Gasteiger partial charge is 0.0820 e. The Bertz CT molecular complexity index is 349. The van der Waals surface area contributed by atoms with Gasteiger partial charge in [0.05, 0.1) is 6.10 Å². The summed E-state index contributed by atoms with van der Waals surface area (Å²) in [5.41, 5.74) is 2.44. The first kappa shape index (κ1) is 12.6. The van der Waals surface area contributed by atoms with Crippen molar-refractivity contribution in [2.45, 2.75) is 44.6 Å². The van der Waals surface area contributed by atoms with Crippen LogP contribution >= 0.6 is 0 Å².